The number of amides is 3. The van der Waals surface area contributed by atoms with E-state index in [0.717, 1.165) is 6.42 Å². The number of nitrogens with zero attached hydrogens (tertiary/aromatic N) is 1. The van der Waals surface area contributed by atoms with Crippen LogP contribution in [0.3, 0.4) is 0 Å². The number of piperidine rings is 1. The minimum absolute atomic E-state index is 0.261. The molecule has 0 aliphatic carbocycles. The fourth-order valence-corrected chi connectivity index (χ4v) is 2.82. The smallest absolute Gasteiger partial charge is 0.255 e. The second-order valence-electron chi connectivity index (χ2n) is 6.42. The Morgan fingerprint density at radius 1 is 1.12 bits per heavy atom. The van der Waals surface area contributed by atoms with Gasteiger partial charge in [-0.15, -0.1) is 0 Å². The lowest BCUT2D eigenvalue weighted by Gasteiger charge is -2.31. The van der Waals surface area contributed by atoms with Gasteiger partial charge in [0.2, 0.25) is 11.8 Å². The van der Waals surface area contributed by atoms with Gasteiger partial charge in [-0.3, -0.25) is 19.4 Å². The second kappa shape index (κ2) is 7.35. The first-order valence-corrected chi connectivity index (χ1v) is 8.40. The number of nitrogens with one attached hydrogen (secondary N) is 3. The number of carbonyl (C=O) groups excluding carboxylic acids is 3. The molecule has 1 saturated heterocycles. The van der Waals surface area contributed by atoms with E-state index in [2.05, 4.69) is 20.9 Å². The number of hydrogen-bond donors (Lipinski definition) is 3. The molecule has 7 nitrogen and oxygen atoms in total. The average molecular weight is 352 g/mol. The van der Waals surface area contributed by atoms with Gasteiger partial charge in [0.25, 0.3) is 5.91 Å². The van der Waals surface area contributed by atoms with E-state index in [9.17, 15) is 14.4 Å². The third-order valence-corrected chi connectivity index (χ3v) is 4.46. The monoisotopic (exact) mass is 352 g/mol. The molecule has 0 bridgehead atoms. The van der Waals surface area contributed by atoms with Crippen molar-refractivity contribution in [2.45, 2.75) is 19.8 Å². The van der Waals surface area contributed by atoms with E-state index in [-0.39, 0.29) is 17.7 Å². The summed E-state index contributed by atoms with van der Waals surface area (Å²) in [5, 5.41) is 8.28. The Hall–Kier alpha value is -3.22. The standard InChI is InChI=1S/C19H20N4O3/c1-19(8-3-9-21-17(19)25)18(26)23-15-5-2-4-14(12-15)22-16(24)13-6-10-20-11-7-13/h2,4-7,10-12H,3,8-9H2,1H3,(H,21,25)(H,22,24)(H,23,26)/t19-/m0/s1. The Bertz CT molecular complexity index is 838. The average Bonchev–Trinajstić information content (AvgIpc) is 2.65. The molecule has 0 unspecified atom stereocenters. The summed E-state index contributed by atoms with van der Waals surface area (Å²) < 4.78 is 0. The van der Waals surface area contributed by atoms with Crippen LogP contribution < -0.4 is 16.0 Å². The lowest BCUT2D eigenvalue weighted by atomic mass is 9.81. The molecule has 7 heteroatoms. The molecular formula is C19H20N4O3. The quantitative estimate of drug-likeness (QED) is 0.734. The Morgan fingerprint density at radius 3 is 2.50 bits per heavy atom. The van der Waals surface area contributed by atoms with E-state index in [1.54, 1.807) is 55.7 Å². The van der Waals surface area contributed by atoms with Crippen LogP contribution >= 0.6 is 0 Å². The minimum atomic E-state index is -1.09. The van der Waals surface area contributed by atoms with E-state index < -0.39 is 5.41 Å². The molecule has 2 aromatic rings. The maximum atomic E-state index is 12.6. The Balaban J connectivity index is 1.70. The van der Waals surface area contributed by atoms with Crippen LogP contribution in [0, 0.1) is 5.41 Å². The summed E-state index contributed by atoms with van der Waals surface area (Å²) in [6.45, 7) is 2.24. The molecule has 1 atom stereocenters. The highest BCUT2D eigenvalue weighted by molar-refractivity contribution is 6.11. The summed E-state index contributed by atoms with van der Waals surface area (Å²) in [4.78, 5) is 40.8. The predicted octanol–water partition coefficient (Wildman–Crippen LogP) is 2.19. The predicted molar refractivity (Wildman–Crippen MR) is 97.6 cm³/mol. The number of hydrogen-bond acceptors (Lipinski definition) is 4. The molecule has 0 spiro atoms. The number of aromatic nitrogens is 1. The van der Waals surface area contributed by atoms with Gasteiger partial charge in [-0.2, -0.15) is 0 Å². The first kappa shape index (κ1) is 17.6. The van der Waals surface area contributed by atoms with Crippen LogP contribution in [-0.4, -0.2) is 29.3 Å². The highest BCUT2D eigenvalue weighted by Gasteiger charge is 2.42. The van der Waals surface area contributed by atoms with Gasteiger partial charge in [0.1, 0.15) is 5.41 Å². The largest absolute Gasteiger partial charge is 0.355 e. The highest BCUT2D eigenvalue weighted by atomic mass is 16.2. The van der Waals surface area contributed by atoms with Crippen LogP contribution in [0.15, 0.2) is 48.8 Å². The zero-order valence-electron chi connectivity index (χ0n) is 14.4. The molecule has 3 amide bonds. The van der Waals surface area contributed by atoms with Crippen molar-refractivity contribution in [1.29, 1.82) is 0 Å². The van der Waals surface area contributed by atoms with Gasteiger partial charge in [-0.05, 0) is 50.1 Å². The summed E-state index contributed by atoms with van der Waals surface area (Å²) >= 11 is 0. The Kier molecular flexibility index (Phi) is 4.97. The SMILES string of the molecule is C[C@]1(C(=O)Nc2cccc(NC(=O)c3ccncc3)c2)CCCNC1=O. The molecule has 1 fully saturated rings. The maximum absolute atomic E-state index is 12.6. The van der Waals surface area contributed by atoms with Crippen molar-refractivity contribution in [3.63, 3.8) is 0 Å². The number of benzene rings is 1. The van der Waals surface area contributed by atoms with Crippen LogP contribution in [-0.2, 0) is 9.59 Å². The van der Waals surface area contributed by atoms with Gasteiger partial charge in [-0.25, -0.2) is 0 Å². The third-order valence-electron chi connectivity index (χ3n) is 4.46. The second-order valence-corrected chi connectivity index (χ2v) is 6.42. The summed E-state index contributed by atoms with van der Waals surface area (Å²) in [7, 11) is 0. The zero-order valence-corrected chi connectivity index (χ0v) is 14.4. The molecule has 134 valence electrons. The normalized spacial score (nSPS) is 19.3. The summed E-state index contributed by atoms with van der Waals surface area (Å²) in [5.41, 5.74) is 0.458. The van der Waals surface area contributed by atoms with Gasteiger partial charge >= 0.3 is 0 Å². The van der Waals surface area contributed by atoms with Crippen molar-refractivity contribution in [1.82, 2.24) is 10.3 Å². The lowest BCUT2D eigenvalue weighted by Crippen LogP contribution is -2.50. The van der Waals surface area contributed by atoms with Crippen molar-refractivity contribution in [2.24, 2.45) is 5.41 Å². The van der Waals surface area contributed by atoms with Crippen LogP contribution in [0.1, 0.15) is 30.1 Å². The maximum Gasteiger partial charge on any atom is 0.255 e. The highest BCUT2D eigenvalue weighted by Crippen LogP contribution is 2.29. The molecule has 1 aliphatic rings. The number of anilines is 2. The fraction of sp³-hybridized carbons (Fsp3) is 0.263. The fourth-order valence-electron chi connectivity index (χ4n) is 2.82. The number of rotatable bonds is 4. The molecule has 26 heavy (non-hydrogen) atoms. The lowest BCUT2D eigenvalue weighted by molar-refractivity contribution is -0.141. The van der Waals surface area contributed by atoms with Gasteiger partial charge in [0.05, 0.1) is 0 Å². The number of carbonyl (C=O) groups is 3. The zero-order chi connectivity index (χ0) is 18.6. The molecule has 0 saturated carbocycles. The number of pyridine rings is 1. The van der Waals surface area contributed by atoms with E-state index in [0.29, 0.717) is 29.9 Å². The van der Waals surface area contributed by atoms with Crippen molar-refractivity contribution in [2.75, 3.05) is 17.2 Å². The molecule has 1 aromatic carbocycles. The van der Waals surface area contributed by atoms with Gasteiger partial charge in [0, 0.05) is 35.9 Å². The third kappa shape index (κ3) is 3.72. The molecular weight excluding hydrogens is 332 g/mol. The molecule has 3 N–H and O–H groups in total. The molecule has 2 heterocycles. The Morgan fingerprint density at radius 2 is 1.81 bits per heavy atom. The molecule has 3 rings (SSSR count). The topological polar surface area (TPSA) is 100 Å². The van der Waals surface area contributed by atoms with Crippen LogP contribution in [0.4, 0.5) is 11.4 Å². The summed E-state index contributed by atoms with van der Waals surface area (Å²) in [6, 6.07) is 10.0. The van der Waals surface area contributed by atoms with Crippen molar-refractivity contribution in [3.05, 3.63) is 54.4 Å². The van der Waals surface area contributed by atoms with Crippen LogP contribution in [0.2, 0.25) is 0 Å². The molecule has 1 aliphatic heterocycles. The molecule has 0 radical (unpaired) electrons. The minimum Gasteiger partial charge on any atom is -0.355 e. The van der Waals surface area contributed by atoms with Gasteiger partial charge in [0.15, 0.2) is 0 Å². The van der Waals surface area contributed by atoms with E-state index >= 15 is 0 Å². The van der Waals surface area contributed by atoms with E-state index in [4.69, 9.17) is 0 Å². The first-order valence-electron chi connectivity index (χ1n) is 8.40. The Labute approximate surface area is 151 Å². The van der Waals surface area contributed by atoms with Gasteiger partial charge in [-0.1, -0.05) is 6.07 Å². The summed E-state index contributed by atoms with van der Waals surface area (Å²) in [6.07, 6.45) is 4.35. The van der Waals surface area contributed by atoms with Crippen molar-refractivity contribution >= 4 is 29.1 Å². The summed E-state index contributed by atoms with van der Waals surface area (Å²) in [5.74, 6) is -0.884. The van der Waals surface area contributed by atoms with Crippen molar-refractivity contribution < 1.29 is 14.4 Å². The van der Waals surface area contributed by atoms with Crippen molar-refractivity contribution in [3.8, 4) is 0 Å². The molecule has 1 aromatic heterocycles. The first-order chi connectivity index (χ1) is 12.5. The van der Waals surface area contributed by atoms with E-state index in [1.165, 1.54) is 0 Å². The van der Waals surface area contributed by atoms with E-state index in [1.807, 2.05) is 0 Å². The van der Waals surface area contributed by atoms with Crippen LogP contribution in [0.25, 0.3) is 0 Å². The van der Waals surface area contributed by atoms with Gasteiger partial charge < -0.3 is 16.0 Å². The van der Waals surface area contributed by atoms with Crippen LogP contribution in [0.5, 0.6) is 0 Å².